The molecule has 0 aliphatic carbocycles. The number of amidine groups is 1. The van der Waals surface area contributed by atoms with Crippen molar-refractivity contribution in [3.63, 3.8) is 0 Å². The lowest BCUT2D eigenvalue weighted by molar-refractivity contribution is -0.286. The van der Waals surface area contributed by atoms with Gasteiger partial charge < -0.3 is 29.4 Å². The SMILES string of the molecule is CC(C)C(=O)OCOC(=O)NC1=NC=CC(C)(C#CC2C(=O)N(C(=O)NC(C)c3ccc4c(c3)OC(F)(F)O4)C2C(=O)O)C1. The summed E-state index contributed by atoms with van der Waals surface area (Å²) in [6.45, 7) is 5.81. The maximum Gasteiger partial charge on any atom is 0.586 e. The van der Waals surface area contributed by atoms with Crippen LogP contribution in [0.2, 0.25) is 0 Å². The number of halogens is 2. The fourth-order valence-corrected chi connectivity index (χ4v) is 4.29. The summed E-state index contributed by atoms with van der Waals surface area (Å²) in [6.07, 6.45) is -1.75. The van der Waals surface area contributed by atoms with Gasteiger partial charge >= 0.3 is 30.4 Å². The number of carboxylic acid groups (broad SMARTS) is 1. The van der Waals surface area contributed by atoms with Crippen LogP contribution >= 0.6 is 0 Å². The highest BCUT2D eigenvalue weighted by Gasteiger charge is 2.55. The maximum absolute atomic E-state index is 13.3. The molecule has 3 aliphatic heterocycles. The van der Waals surface area contributed by atoms with E-state index < -0.39 is 72.4 Å². The van der Waals surface area contributed by atoms with Crippen molar-refractivity contribution in [3.8, 4) is 23.3 Å². The van der Waals surface area contributed by atoms with Gasteiger partial charge in [0.2, 0.25) is 12.7 Å². The van der Waals surface area contributed by atoms with E-state index in [1.807, 2.05) is 0 Å². The number of nitrogens with zero attached hydrogens (tertiary/aromatic N) is 2. The second-order valence-corrected chi connectivity index (χ2v) is 10.6. The molecule has 3 N–H and O–H groups in total. The zero-order valence-electron chi connectivity index (χ0n) is 23.9. The Morgan fingerprint density at radius 3 is 2.57 bits per heavy atom. The van der Waals surface area contributed by atoms with E-state index in [9.17, 15) is 37.9 Å². The summed E-state index contributed by atoms with van der Waals surface area (Å²) in [5.41, 5.74) is -0.649. The maximum atomic E-state index is 13.3. The zero-order valence-corrected chi connectivity index (χ0v) is 23.9. The zero-order chi connectivity index (χ0) is 32.4. The van der Waals surface area contributed by atoms with Crippen LogP contribution in [0.4, 0.5) is 18.4 Å². The molecule has 234 valence electrons. The number of alkyl carbamates (subject to hydrolysis) is 1. The summed E-state index contributed by atoms with van der Waals surface area (Å²) in [4.78, 5) is 65.8. The van der Waals surface area contributed by atoms with E-state index in [4.69, 9.17) is 9.47 Å². The van der Waals surface area contributed by atoms with Gasteiger partial charge in [-0.2, -0.15) is 0 Å². The van der Waals surface area contributed by atoms with Gasteiger partial charge in [0.25, 0.3) is 0 Å². The first-order valence-corrected chi connectivity index (χ1v) is 13.2. The Hall–Kier alpha value is -5.20. The standard InChI is InChI=1S/C28H28F2N4O10/c1-14(2)24(38)41-13-42-26(40)33-20-12-27(4,9-10-31-20)8-7-17-21(23(36)37)34(22(17)35)25(39)32-15(3)16-5-6-18-19(11-16)44-28(29,30)43-18/h5-6,9-11,14-15,17,21H,12-13H2,1-4H3,(H,32,39)(H,36,37)(H,31,33,40). The number of aliphatic carboxylic acids is 1. The Morgan fingerprint density at radius 2 is 1.89 bits per heavy atom. The molecule has 3 aliphatic rings. The number of amides is 4. The first-order valence-electron chi connectivity index (χ1n) is 13.2. The number of alkyl halides is 2. The van der Waals surface area contributed by atoms with Gasteiger partial charge in [0.05, 0.1) is 17.4 Å². The molecular weight excluding hydrogens is 590 g/mol. The Balaban J connectivity index is 1.35. The molecule has 14 nitrogen and oxygen atoms in total. The minimum Gasteiger partial charge on any atom is -0.480 e. The minimum absolute atomic E-state index is 0.0548. The number of imide groups is 1. The molecule has 0 bridgehead atoms. The normalized spacial score (nSPS) is 23.4. The summed E-state index contributed by atoms with van der Waals surface area (Å²) in [5, 5.41) is 14.6. The van der Waals surface area contributed by atoms with Crippen LogP contribution in [0.5, 0.6) is 11.5 Å². The van der Waals surface area contributed by atoms with Gasteiger partial charge in [0, 0.05) is 12.6 Å². The van der Waals surface area contributed by atoms with E-state index >= 15 is 0 Å². The van der Waals surface area contributed by atoms with Crippen LogP contribution in [0.3, 0.4) is 0 Å². The largest absolute Gasteiger partial charge is 0.586 e. The van der Waals surface area contributed by atoms with Crippen molar-refractivity contribution in [2.24, 2.45) is 22.2 Å². The Labute approximate surface area is 249 Å². The molecule has 0 radical (unpaired) electrons. The van der Waals surface area contributed by atoms with E-state index in [-0.39, 0.29) is 23.8 Å². The van der Waals surface area contributed by atoms with Crippen LogP contribution in [0.15, 0.2) is 35.5 Å². The molecule has 16 heteroatoms. The highest BCUT2D eigenvalue weighted by atomic mass is 19.3. The number of rotatable bonds is 6. The molecule has 4 amide bonds. The van der Waals surface area contributed by atoms with Crippen LogP contribution in [-0.4, -0.2) is 64.9 Å². The van der Waals surface area contributed by atoms with E-state index in [0.717, 1.165) is 0 Å². The fraction of sp³-hybridized carbons (Fsp3) is 0.429. The third-order valence-corrected chi connectivity index (χ3v) is 6.66. The second-order valence-electron chi connectivity index (χ2n) is 10.6. The molecule has 1 aromatic rings. The molecule has 0 spiro atoms. The highest BCUT2D eigenvalue weighted by Crippen LogP contribution is 2.42. The monoisotopic (exact) mass is 618 g/mol. The van der Waals surface area contributed by atoms with Crippen LogP contribution in [0.25, 0.3) is 0 Å². The predicted molar refractivity (Wildman–Crippen MR) is 144 cm³/mol. The average molecular weight is 619 g/mol. The summed E-state index contributed by atoms with van der Waals surface area (Å²) in [7, 11) is 0. The molecule has 0 aromatic heterocycles. The molecule has 1 aromatic carbocycles. The molecule has 4 unspecified atom stereocenters. The summed E-state index contributed by atoms with van der Waals surface area (Å²) >= 11 is 0. The topological polar surface area (TPSA) is 182 Å². The predicted octanol–water partition coefficient (Wildman–Crippen LogP) is 2.90. The molecular formula is C28H28F2N4O10. The lowest BCUT2D eigenvalue weighted by Crippen LogP contribution is -2.67. The van der Waals surface area contributed by atoms with Crippen molar-refractivity contribution < 1.29 is 56.8 Å². The lowest BCUT2D eigenvalue weighted by Gasteiger charge is -2.40. The Morgan fingerprint density at radius 1 is 1.18 bits per heavy atom. The first kappa shape index (κ1) is 31.7. The quantitative estimate of drug-likeness (QED) is 0.186. The van der Waals surface area contributed by atoms with Crippen LogP contribution in [-0.2, 0) is 23.9 Å². The molecule has 0 saturated carbocycles. The van der Waals surface area contributed by atoms with Crippen molar-refractivity contribution in [1.29, 1.82) is 0 Å². The Bertz CT molecular complexity index is 1510. The van der Waals surface area contributed by atoms with Gasteiger partial charge in [-0.25, -0.2) is 24.3 Å². The summed E-state index contributed by atoms with van der Waals surface area (Å²) in [6, 6.07) is 0.423. The number of aliphatic imine (C=N–C) groups is 1. The number of carboxylic acids is 1. The fourth-order valence-electron chi connectivity index (χ4n) is 4.29. The van der Waals surface area contributed by atoms with Gasteiger partial charge in [0.1, 0.15) is 11.8 Å². The number of fused-ring (bicyclic) bond motifs is 1. The highest BCUT2D eigenvalue weighted by molar-refractivity contribution is 6.09. The smallest absolute Gasteiger partial charge is 0.480 e. The number of likely N-dealkylation sites (tertiary alicyclic amines) is 1. The number of benzene rings is 1. The molecule has 1 fully saturated rings. The number of hydrogen-bond acceptors (Lipinski definition) is 10. The first-order chi connectivity index (χ1) is 20.6. The average Bonchev–Trinajstić information content (AvgIpc) is 3.24. The van der Waals surface area contributed by atoms with Crippen molar-refractivity contribution in [2.45, 2.75) is 52.5 Å². The van der Waals surface area contributed by atoms with Crippen molar-refractivity contribution in [3.05, 3.63) is 36.0 Å². The van der Waals surface area contributed by atoms with Crippen molar-refractivity contribution in [1.82, 2.24) is 15.5 Å². The number of nitrogens with one attached hydrogen (secondary N) is 2. The number of carbonyl (C=O) groups excluding carboxylic acids is 4. The third-order valence-electron chi connectivity index (χ3n) is 6.66. The number of allylic oxidation sites excluding steroid dienone is 1. The van der Waals surface area contributed by atoms with E-state index in [1.54, 1.807) is 26.8 Å². The number of carbonyl (C=O) groups is 5. The summed E-state index contributed by atoms with van der Waals surface area (Å²) in [5.74, 6) is 0.580. The number of hydrogen-bond donors (Lipinski definition) is 3. The number of β-lactam (4-membered cyclic amide) rings is 1. The Kier molecular flexibility index (Phi) is 8.79. The van der Waals surface area contributed by atoms with Crippen LogP contribution in [0, 0.1) is 29.1 Å². The third kappa shape index (κ3) is 7.05. The van der Waals surface area contributed by atoms with Gasteiger partial charge in [-0.3, -0.25) is 14.9 Å². The number of ether oxygens (including phenoxy) is 4. The molecule has 4 atom stereocenters. The van der Waals surface area contributed by atoms with E-state index in [0.29, 0.717) is 10.5 Å². The van der Waals surface area contributed by atoms with Crippen molar-refractivity contribution in [2.75, 3.05) is 6.79 Å². The van der Waals surface area contributed by atoms with Gasteiger partial charge in [-0.05, 0) is 37.6 Å². The van der Waals surface area contributed by atoms with Crippen LogP contribution in [0.1, 0.15) is 45.7 Å². The van der Waals surface area contributed by atoms with Gasteiger partial charge in [0.15, 0.2) is 17.5 Å². The van der Waals surface area contributed by atoms with Crippen LogP contribution < -0.4 is 20.1 Å². The molecule has 44 heavy (non-hydrogen) atoms. The van der Waals surface area contributed by atoms with Gasteiger partial charge in [-0.15, -0.1) is 8.78 Å². The molecule has 1 saturated heterocycles. The molecule has 3 heterocycles. The number of urea groups is 1. The lowest BCUT2D eigenvalue weighted by atomic mass is 9.82. The molecule has 4 rings (SSSR count). The second kappa shape index (κ2) is 12.2. The van der Waals surface area contributed by atoms with E-state index in [1.165, 1.54) is 31.3 Å². The number of esters is 1. The summed E-state index contributed by atoms with van der Waals surface area (Å²) < 4.78 is 45.0. The minimum atomic E-state index is -3.82. The van der Waals surface area contributed by atoms with Gasteiger partial charge in [-0.1, -0.05) is 31.8 Å². The van der Waals surface area contributed by atoms with Crippen molar-refractivity contribution >= 4 is 35.8 Å². The van der Waals surface area contributed by atoms with E-state index in [2.05, 4.69) is 36.9 Å².